The number of ether oxygens (including phenoxy) is 1. The molecule has 0 aliphatic rings. The molecule has 0 aromatic rings. The second-order valence-corrected chi connectivity index (χ2v) is 1.91. The van der Waals surface area contributed by atoms with Crippen LogP contribution in [0, 0.1) is 0 Å². The van der Waals surface area contributed by atoms with Crippen molar-refractivity contribution in [2.75, 3.05) is 13.0 Å². The van der Waals surface area contributed by atoms with Crippen LogP contribution in [0.2, 0.25) is 0 Å². The van der Waals surface area contributed by atoms with Gasteiger partial charge in [0, 0.05) is 5.88 Å². The van der Waals surface area contributed by atoms with E-state index < -0.39 is 5.97 Å². The number of allylic oxidation sites excluding steroid dienone is 1. The van der Waals surface area contributed by atoms with Crippen LogP contribution in [-0.4, -0.2) is 19.0 Å². The van der Waals surface area contributed by atoms with Crippen molar-refractivity contribution < 1.29 is 9.53 Å². The minimum atomic E-state index is -0.558. The highest BCUT2D eigenvalue weighted by Crippen LogP contribution is 2.02. The number of hydrogen-bond acceptors (Lipinski definition) is 2. The molecule has 0 aromatic heterocycles. The summed E-state index contributed by atoms with van der Waals surface area (Å²) in [6.45, 7) is 0. The molecule has 0 spiro atoms. The van der Waals surface area contributed by atoms with Gasteiger partial charge in [0.25, 0.3) is 0 Å². The Kier molecular flexibility index (Phi) is 4.54. The quantitative estimate of drug-likeness (QED) is 0.356. The van der Waals surface area contributed by atoms with Crippen molar-refractivity contribution in [2.45, 2.75) is 0 Å². The molecular formula is C5H6Cl2O2. The van der Waals surface area contributed by atoms with Crippen LogP contribution in [0.3, 0.4) is 0 Å². The number of halogens is 2. The number of hydrogen-bond donors (Lipinski definition) is 0. The summed E-state index contributed by atoms with van der Waals surface area (Å²) in [6, 6.07) is 0. The van der Waals surface area contributed by atoms with E-state index in [4.69, 9.17) is 23.2 Å². The van der Waals surface area contributed by atoms with E-state index in [0.29, 0.717) is 0 Å². The first-order valence-electron chi connectivity index (χ1n) is 2.22. The standard InChI is InChI=1S/C5H6Cl2O2/c1-9-5(8)4(7)2-3-6/h2H,3H2,1H3/b4-2-. The van der Waals surface area contributed by atoms with Gasteiger partial charge in [-0.05, 0) is 6.08 Å². The maximum atomic E-state index is 10.4. The summed E-state index contributed by atoms with van der Waals surface area (Å²) >= 11 is 10.6. The molecule has 0 aliphatic heterocycles. The first-order valence-corrected chi connectivity index (χ1v) is 3.13. The summed E-state index contributed by atoms with van der Waals surface area (Å²) in [6.07, 6.45) is 1.37. The third-order valence-corrected chi connectivity index (χ3v) is 1.10. The number of carbonyl (C=O) groups is 1. The van der Waals surface area contributed by atoms with Gasteiger partial charge < -0.3 is 4.74 Å². The Morgan fingerprint density at radius 1 is 1.78 bits per heavy atom. The van der Waals surface area contributed by atoms with Gasteiger partial charge >= 0.3 is 5.97 Å². The monoisotopic (exact) mass is 168 g/mol. The summed E-state index contributed by atoms with van der Waals surface area (Å²) in [5, 5.41) is 0.0208. The summed E-state index contributed by atoms with van der Waals surface area (Å²) in [7, 11) is 1.26. The fraction of sp³-hybridized carbons (Fsp3) is 0.400. The second-order valence-electron chi connectivity index (χ2n) is 1.20. The lowest BCUT2D eigenvalue weighted by atomic mass is 10.5. The Morgan fingerprint density at radius 3 is 2.67 bits per heavy atom. The molecule has 0 amide bonds. The number of alkyl halides is 1. The Balaban J connectivity index is 3.86. The van der Waals surface area contributed by atoms with Crippen molar-refractivity contribution >= 4 is 29.2 Å². The van der Waals surface area contributed by atoms with Gasteiger partial charge in [-0.15, -0.1) is 11.6 Å². The van der Waals surface area contributed by atoms with Gasteiger partial charge in [-0.1, -0.05) is 11.6 Å². The van der Waals surface area contributed by atoms with E-state index in [2.05, 4.69) is 4.74 Å². The van der Waals surface area contributed by atoms with Crippen molar-refractivity contribution in [3.63, 3.8) is 0 Å². The van der Waals surface area contributed by atoms with Crippen LogP contribution in [0.5, 0.6) is 0 Å². The van der Waals surface area contributed by atoms with Crippen LogP contribution in [0.4, 0.5) is 0 Å². The average molecular weight is 169 g/mol. The first-order chi connectivity index (χ1) is 4.22. The maximum absolute atomic E-state index is 10.4. The summed E-state index contributed by atoms with van der Waals surface area (Å²) in [5.41, 5.74) is 0. The Morgan fingerprint density at radius 2 is 2.33 bits per heavy atom. The van der Waals surface area contributed by atoms with E-state index in [1.54, 1.807) is 0 Å². The van der Waals surface area contributed by atoms with Crippen molar-refractivity contribution in [3.05, 3.63) is 11.1 Å². The zero-order valence-electron chi connectivity index (χ0n) is 4.86. The van der Waals surface area contributed by atoms with Crippen molar-refractivity contribution in [1.82, 2.24) is 0 Å². The fourth-order valence-electron chi connectivity index (χ4n) is 0.249. The van der Waals surface area contributed by atoms with Crippen LogP contribution >= 0.6 is 23.2 Å². The summed E-state index contributed by atoms with van der Waals surface area (Å²) < 4.78 is 4.27. The van der Waals surface area contributed by atoms with Crippen LogP contribution in [-0.2, 0) is 9.53 Å². The molecule has 0 fully saturated rings. The van der Waals surface area contributed by atoms with Crippen LogP contribution in [0.25, 0.3) is 0 Å². The predicted molar refractivity (Wildman–Crippen MR) is 36.7 cm³/mol. The molecule has 0 N–H and O–H groups in total. The minimum absolute atomic E-state index is 0.0208. The third-order valence-electron chi connectivity index (χ3n) is 0.637. The summed E-state index contributed by atoms with van der Waals surface area (Å²) in [4.78, 5) is 10.4. The lowest BCUT2D eigenvalue weighted by Crippen LogP contribution is -1.99. The summed E-state index contributed by atoms with van der Waals surface area (Å²) in [5.74, 6) is -0.342. The molecule has 0 aliphatic carbocycles. The van der Waals surface area contributed by atoms with Gasteiger partial charge in [-0.2, -0.15) is 0 Å². The van der Waals surface area contributed by atoms with Crippen molar-refractivity contribution in [3.8, 4) is 0 Å². The number of esters is 1. The fourth-order valence-corrected chi connectivity index (χ4v) is 0.636. The molecule has 0 saturated carbocycles. The topological polar surface area (TPSA) is 26.3 Å². The van der Waals surface area contributed by atoms with E-state index in [-0.39, 0.29) is 10.9 Å². The van der Waals surface area contributed by atoms with E-state index in [0.717, 1.165) is 0 Å². The molecule has 0 rings (SSSR count). The minimum Gasteiger partial charge on any atom is -0.465 e. The van der Waals surface area contributed by atoms with E-state index >= 15 is 0 Å². The SMILES string of the molecule is COC(=O)/C(Cl)=C/CCl. The molecule has 0 radical (unpaired) electrons. The van der Waals surface area contributed by atoms with Gasteiger partial charge in [-0.25, -0.2) is 4.79 Å². The van der Waals surface area contributed by atoms with Crippen LogP contribution in [0.1, 0.15) is 0 Å². The molecule has 2 nitrogen and oxygen atoms in total. The lowest BCUT2D eigenvalue weighted by Gasteiger charge is -1.92. The molecule has 0 unspecified atom stereocenters. The van der Waals surface area contributed by atoms with E-state index in [1.165, 1.54) is 13.2 Å². The maximum Gasteiger partial charge on any atom is 0.349 e. The molecule has 52 valence electrons. The molecule has 0 saturated heterocycles. The molecule has 0 atom stereocenters. The van der Waals surface area contributed by atoms with Gasteiger partial charge in [0.2, 0.25) is 0 Å². The van der Waals surface area contributed by atoms with Crippen LogP contribution in [0.15, 0.2) is 11.1 Å². The van der Waals surface area contributed by atoms with E-state index in [9.17, 15) is 4.79 Å². The Bertz CT molecular complexity index is 131. The predicted octanol–water partition coefficient (Wildman–Crippen LogP) is 1.52. The molecule has 0 aromatic carbocycles. The highest BCUT2D eigenvalue weighted by Gasteiger charge is 2.02. The van der Waals surface area contributed by atoms with Crippen molar-refractivity contribution in [2.24, 2.45) is 0 Å². The molecular weight excluding hydrogens is 163 g/mol. The van der Waals surface area contributed by atoms with Crippen molar-refractivity contribution in [1.29, 1.82) is 0 Å². The first kappa shape index (κ1) is 8.79. The molecule has 0 bridgehead atoms. The number of rotatable bonds is 2. The molecule has 9 heavy (non-hydrogen) atoms. The number of methoxy groups -OCH3 is 1. The number of carbonyl (C=O) groups excluding carboxylic acids is 1. The third kappa shape index (κ3) is 3.38. The average Bonchev–Trinajstić information content (AvgIpc) is 1.87. The van der Waals surface area contributed by atoms with E-state index in [1.807, 2.05) is 0 Å². The highest BCUT2D eigenvalue weighted by atomic mass is 35.5. The van der Waals surface area contributed by atoms with Crippen LogP contribution < -0.4 is 0 Å². The lowest BCUT2D eigenvalue weighted by molar-refractivity contribution is -0.135. The largest absolute Gasteiger partial charge is 0.465 e. The van der Waals surface area contributed by atoms with Gasteiger partial charge in [-0.3, -0.25) is 0 Å². The molecule has 0 heterocycles. The normalized spacial score (nSPS) is 11.2. The highest BCUT2D eigenvalue weighted by molar-refractivity contribution is 6.41. The zero-order valence-corrected chi connectivity index (χ0v) is 6.37. The Labute approximate surface area is 63.4 Å². The zero-order chi connectivity index (χ0) is 7.28. The smallest absolute Gasteiger partial charge is 0.349 e. The van der Waals surface area contributed by atoms with Gasteiger partial charge in [0.1, 0.15) is 5.03 Å². The second kappa shape index (κ2) is 4.65. The Hall–Kier alpha value is -0.210. The molecule has 4 heteroatoms. The van der Waals surface area contributed by atoms with Gasteiger partial charge in [0.05, 0.1) is 7.11 Å². The van der Waals surface area contributed by atoms with Gasteiger partial charge in [0.15, 0.2) is 0 Å².